The lowest BCUT2D eigenvalue weighted by atomic mass is 10.1. The standard InChI is InChI=1S/C21H25N3O3/c22-21(26)18-5-1-2-6-19(18)27-15-20(25)23-13-16-7-9-17(10-8-16)14-24-11-3-4-12-24/h1-2,5-10H,3-4,11-15H2,(H2,22,26)(H,23,25)/p+1. The SMILES string of the molecule is NC(=O)c1ccccc1OCC(=O)NCc1ccc(C[NH+]2CCCC2)cc1. The molecule has 1 aliphatic heterocycles. The second-order valence-corrected chi connectivity index (χ2v) is 6.88. The fourth-order valence-corrected chi connectivity index (χ4v) is 3.31. The van der Waals surface area contributed by atoms with Crippen LogP contribution < -0.4 is 20.7 Å². The number of ether oxygens (including phenoxy) is 1. The summed E-state index contributed by atoms with van der Waals surface area (Å²) in [6.07, 6.45) is 2.65. The Kier molecular flexibility index (Phi) is 6.44. The molecule has 1 fully saturated rings. The van der Waals surface area contributed by atoms with Crippen LogP contribution in [-0.2, 0) is 17.9 Å². The Hall–Kier alpha value is -2.86. The van der Waals surface area contributed by atoms with E-state index in [0.717, 1.165) is 12.1 Å². The van der Waals surface area contributed by atoms with Gasteiger partial charge in [0, 0.05) is 24.9 Å². The first-order valence-corrected chi connectivity index (χ1v) is 9.31. The van der Waals surface area contributed by atoms with Gasteiger partial charge in [-0.1, -0.05) is 36.4 Å². The Morgan fingerprint density at radius 3 is 2.37 bits per heavy atom. The van der Waals surface area contributed by atoms with Gasteiger partial charge in [0.25, 0.3) is 11.8 Å². The van der Waals surface area contributed by atoms with Crippen molar-refractivity contribution in [3.05, 3.63) is 65.2 Å². The van der Waals surface area contributed by atoms with E-state index in [1.807, 2.05) is 12.1 Å². The Morgan fingerprint density at radius 2 is 1.67 bits per heavy atom. The molecule has 2 aromatic carbocycles. The van der Waals surface area contributed by atoms with Gasteiger partial charge in [0.05, 0.1) is 18.7 Å². The molecule has 0 radical (unpaired) electrons. The molecule has 0 aliphatic carbocycles. The van der Waals surface area contributed by atoms with Crippen molar-refractivity contribution in [2.45, 2.75) is 25.9 Å². The molecule has 3 rings (SSSR count). The minimum absolute atomic E-state index is 0.166. The van der Waals surface area contributed by atoms with E-state index in [1.54, 1.807) is 29.2 Å². The van der Waals surface area contributed by atoms with E-state index in [9.17, 15) is 9.59 Å². The van der Waals surface area contributed by atoms with Crippen molar-refractivity contribution in [2.75, 3.05) is 19.7 Å². The molecule has 2 aromatic rings. The highest BCUT2D eigenvalue weighted by Gasteiger charge is 2.15. The van der Waals surface area contributed by atoms with Crippen molar-refractivity contribution in [3.8, 4) is 5.75 Å². The lowest BCUT2D eigenvalue weighted by Gasteiger charge is -2.12. The minimum Gasteiger partial charge on any atom is -0.483 e. The zero-order valence-corrected chi connectivity index (χ0v) is 15.4. The smallest absolute Gasteiger partial charge is 0.258 e. The highest BCUT2D eigenvalue weighted by atomic mass is 16.5. The summed E-state index contributed by atoms with van der Waals surface area (Å²) in [5, 5.41) is 2.83. The second kappa shape index (κ2) is 9.19. The molecule has 2 amide bonds. The largest absolute Gasteiger partial charge is 0.483 e. The molecule has 4 N–H and O–H groups in total. The molecule has 0 bridgehead atoms. The highest BCUT2D eigenvalue weighted by molar-refractivity contribution is 5.95. The Bertz CT molecular complexity index is 784. The lowest BCUT2D eigenvalue weighted by Crippen LogP contribution is -3.08. The van der Waals surface area contributed by atoms with Crippen molar-refractivity contribution < 1.29 is 19.2 Å². The van der Waals surface area contributed by atoms with Crippen molar-refractivity contribution in [1.82, 2.24) is 5.32 Å². The Balaban J connectivity index is 1.44. The fraction of sp³-hybridized carbons (Fsp3) is 0.333. The van der Waals surface area contributed by atoms with Crippen molar-refractivity contribution in [2.24, 2.45) is 5.73 Å². The number of carbonyl (C=O) groups excluding carboxylic acids is 2. The van der Waals surface area contributed by atoms with Gasteiger partial charge in [-0.15, -0.1) is 0 Å². The Morgan fingerprint density at radius 1 is 1.00 bits per heavy atom. The summed E-state index contributed by atoms with van der Waals surface area (Å²) >= 11 is 0. The number of hydrogen-bond donors (Lipinski definition) is 3. The average molecular weight is 368 g/mol. The van der Waals surface area contributed by atoms with Gasteiger partial charge in [-0.05, 0) is 17.7 Å². The third-order valence-electron chi connectivity index (χ3n) is 4.79. The number of rotatable bonds is 8. The van der Waals surface area contributed by atoms with Gasteiger partial charge in [0.15, 0.2) is 6.61 Å². The normalized spacial score (nSPS) is 14.1. The number of nitrogens with two attached hydrogens (primary N) is 1. The van der Waals surface area contributed by atoms with Crippen LogP contribution in [-0.4, -0.2) is 31.5 Å². The number of primary amides is 1. The number of nitrogens with one attached hydrogen (secondary N) is 2. The van der Waals surface area contributed by atoms with Crippen molar-refractivity contribution in [1.29, 1.82) is 0 Å². The maximum absolute atomic E-state index is 12.0. The van der Waals surface area contributed by atoms with Crippen LogP contribution in [0.1, 0.15) is 34.3 Å². The number of para-hydroxylation sites is 1. The third-order valence-corrected chi connectivity index (χ3v) is 4.79. The number of amides is 2. The van der Waals surface area contributed by atoms with Gasteiger partial charge >= 0.3 is 0 Å². The summed E-state index contributed by atoms with van der Waals surface area (Å²) in [4.78, 5) is 25.0. The first kappa shape index (κ1) is 18.9. The van der Waals surface area contributed by atoms with Crippen molar-refractivity contribution >= 4 is 11.8 Å². The lowest BCUT2D eigenvalue weighted by molar-refractivity contribution is -0.901. The molecule has 6 nitrogen and oxygen atoms in total. The van der Waals surface area contributed by atoms with E-state index < -0.39 is 5.91 Å². The second-order valence-electron chi connectivity index (χ2n) is 6.88. The zero-order chi connectivity index (χ0) is 19.1. The van der Waals surface area contributed by atoms with Gasteiger partial charge in [0.1, 0.15) is 12.3 Å². The van der Waals surface area contributed by atoms with E-state index in [-0.39, 0.29) is 18.1 Å². The summed E-state index contributed by atoms with van der Waals surface area (Å²) in [7, 11) is 0. The quantitative estimate of drug-likeness (QED) is 0.640. The zero-order valence-electron chi connectivity index (χ0n) is 15.4. The molecule has 1 aliphatic rings. The summed E-state index contributed by atoms with van der Waals surface area (Å²) in [6.45, 7) is 3.87. The molecule has 0 unspecified atom stereocenters. The van der Waals surface area contributed by atoms with Crippen LogP contribution in [0.4, 0.5) is 0 Å². The molecular formula is C21H26N3O3+. The molecular weight excluding hydrogens is 342 g/mol. The Labute approximate surface area is 159 Å². The number of quaternary nitrogens is 1. The summed E-state index contributed by atoms with van der Waals surface area (Å²) in [5.74, 6) is -0.518. The predicted octanol–water partition coefficient (Wildman–Crippen LogP) is 0.659. The topological polar surface area (TPSA) is 85.9 Å². The van der Waals surface area contributed by atoms with Crippen LogP contribution in [0.25, 0.3) is 0 Å². The predicted molar refractivity (Wildman–Crippen MR) is 102 cm³/mol. The highest BCUT2D eigenvalue weighted by Crippen LogP contribution is 2.16. The van der Waals surface area contributed by atoms with Gasteiger partial charge < -0.3 is 20.7 Å². The first-order chi connectivity index (χ1) is 13.1. The van der Waals surface area contributed by atoms with Crippen LogP contribution in [0.5, 0.6) is 5.75 Å². The number of carbonyl (C=O) groups is 2. The van der Waals surface area contributed by atoms with E-state index in [1.165, 1.54) is 31.5 Å². The maximum Gasteiger partial charge on any atom is 0.258 e. The maximum atomic E-state index is 12.0. The molecule has 142 valence electrons. The number of hydrogen-bond acceptors (Lipinski definition) is 3. The first-order valence-electron chi connectivity index (χ1n) is 9.31. The van der Waals surface area contributed by atoms with Gasteiger partial charge in [0.2, 0.25) is 0 Å². The molecule has 0 aromatic heterocycles. The van der Waals surface area contributed by atoms with E-state index >= 15 is 0 Å². The summed E-state index contributed by atoms with van der Waals surface area (Å²) in [6, 6.07) is 15.0. The van der Waals surface area contributed by atoms with Crippen LogP contribution >= 0.6 is 0 Å². The number of benzene rings is 2. The summed E-state index contributed by atoms with van der Waals surface area (Å²) in [5.41, 5.74) is 7.93. The molecule has 0 saturated carbocycles. The average Bonchev–Trinajstić information content (AvgIpc) is 3.19. The van der Waals surface area contributed by atoms with E-state index in [0.29, 0.717) is 12.3 Å². The fourth-order valence-electron chi connectivity index (χ4n) is 3.31. The van der Waals surface area contributed by atoms with E-state index in [2.05, 4.69) is 17.4 Å². The minimum atomic E-state index is -0.582. The van der Waals surface area contributed by atoms with Gasteiger partial charge in [-0.2, -0.15) is 0 Å². The third kappa shape index (κ3) is 5.56. The molecule has 1 saturated heterocycles. The molecule has 0 spiro atoms. The van der Waals surface area contributed by atoms with E-state index in [4.69, 9.17) is 10.5 Å². The van der Waals surface area contributed by atoms with Gasteiger partial charge in [-0.25, -0.2) is 0 Å². The molecule has 0 atom stereocenters. The van der Waals surface area contributed by atoms with Crippen molar-refractivity contribution in [3.63, 3.8) is 0 Å². The number of likely N-dealkylation sites (tertiary alicyclic amines) is 1. The summed E-state index contributed by atoms with van der Waals surface area (Å²) < 4.78 is 5.43. The molecule has 6 heteroatoms. The monoisotopic (exact) mass is 368 g/mol. The van der Waals surface area contributed by atoms with Gasteiger partial charge in [-0.3, -0.25) is 9.59 Å². The molecule has 27 heavy (non-hydrogen) atoms. The van der Waals surface area contributed by atoms with Crippen LogP contribution in [0, 0.1) is 0 Å². The van der Waals surface area contributed by atoms with Crippen LogP contribution in [0.3, 0.4) is 0 Å². The van der Waals surface area contributed by atoms with Crippen LogP contribution in [0.2, 0.25) is 0 Å². The molecule has 1 heterocycles. The van der Waals surface area contributed by atoms with Crippen LogP contribution in [0.15, 0.2) is 48.5 Å².